The number of ether oxygens (including phenoxy) is 1. The van der Waals surface area contributed by atoms with Gasteiger partial charge in [-0.2, -0.15) is 0 Å². The van der Waals surface area contributed by atoms with Gasteiger partial charge in [0.1, 0.15) is 0 Å². The van der Waals surface area contributed by atoms with E-state index in [0.29, 0.717) is 17.8 Å². The molecule has 30 heavy (non-hydrogen) atoms. The highest BCUT2D eigenvalue weighted by molar-refractivity contribution is 5.77. The molecular weight excluding hydrogens is 376 g/mol. The number of rotatable bonds is 14. The Morgan fingerprint density at radius 3 is 2.60 bits per heavy atom. The fraction of sp³-hybridized carbons (Fsp3) is 0.692. The predicted molar refractivity (Wildman–Crippen MR) is 123 cm³/mol. The summed E-state index contributed by atoms with van der Waals surface area (Å²) >= 11 is 0. The van der Waals surface area contributed by atoms with Gasteiger partial charge in [0.15, 0.2) is 0 Å². The number of esters is 1. The molecule has 1 aliphatic carbocycles. The van der Waals surface area contributed by atoms with Crippen LogP contribution in [-0.4, -0.2) is 28.6 Å². The topological polar surface area (TPSA) is 66.8 Å². The first-order valence-corrected chi connectivity index (χ1v) is 11.8. The lowest BCUT2D eigenvalue weighted by molar-refractivity contribution is -0.219. The highest BCUT2D eigenvalue weighted by Gasteiger charge is 2.40. The van der Waals surface area contributed by atoms with Gasteiger partial charge in [0, 0.05) is 5.92 Å². The summed E-state index contributed by atoms with van der Waals surface area (Å²) in [5.41, 5.74) is 3.06. The Balaban J connectivity index is 2.69. The maximum Gasteiger partial charge on any atom is 0.367 e. The van der Waals surface area contributed by atoms with Crippen LogP contribution < -0.4 is 0 Å². The molecule has 0 heterocycles. The van der Waals surface area contributed by atoms with Crippen molar-refractivity contribution in [3.8, 4) is 0 Å². The van der Waals surface area contributed by atoms with Crippen LogP contribution in [0.5, 0.6) is 0 Å². The Labute approximate surface area is 183 Å². The third-order valence-corrected chi connectivity index (χ3v) is 5.89. The number of carbonyl (C=O) groups excluding carboxylic acids is 1. The van der Waals surface area contributed by atoms with Crippen LogP contribution in [0, 0.1) is 23.7 Å². The van der Waals surface area contributed by atoms with Gasteiger partial charge in [-0.15, -0.1) is 5.73 Å². The van der Waals surface area contributed by atoms with Gasteiger partial charge >= 0.3 is 5.97 Å². The second-order valence-electron chi connectivity index (χ2n) is 8.36. The van der Waals surface area contributed by atoms with Crippen molar-refractivity contribution in [1.82, 2.24) is 0 Å². The normalized spacial score (nSPS) is 22.1. The third kappa shape index (κ3) is 8.63. The summed E-state index contributed by atoms with van der Waals surface area (Å²) in [6.07, 6.45) is 22.4. The van der Waals surface area contributed by atoms with Crippen molar-refractivity contribution in [2.45, 2.75) is 84.8 Å². The minimum Gasteiger partial charge on any atom is -0.462 e. The quantitative estimate of drug-likeness (QED) is 0.125. The average molecular weight is 419 g/mol. The van der Waals surface area contributed by atoms with Gasteiger partial charge in [-0.3, -0.25) is 0 Å². The second kappa shape index (κ2) is 14.4. The Kier molecular flexibility index (Phi) is 12.7. The van der Waals surface area contributed by atoms with Crippen LogP contribution >= 0.6 is 0 Å². The number of carbonyl (C=O) groups is 1. The van der Waals surface area contributed by atoms with Crippen LogP contribution in [0.25, 0.3) is 0 Å². The monoisotopic (exact) mass is 418 g/mol. The molecule has 170 valence electrons. The zero-order valence-electron chi connectivity index (χ0n) is 19.3. The summed E-state index contributed by atoms with van der Waals surface area (Å²) < 4.78 is 4.73. The molecule has 0 aromatic carbocycles. The maximum atomic E-state index is 11.7. The molecule has 0 bridgehead atoms. The molecule has 0 saturated heterocycles. The Morgan fingerprint density at radius 2 is 1.93 bits per heavy atom. The molecule has 1 rings (SSSR count). The van der Waals surface area contributed by atoms with E-state index in [2.05, 4.69) is 43.9 Å². The molecule has 0 aromatic rings. The number of hydrogen-bond acceptors (Lipinski definition) is 4. The molecule has 0 radical (unpaired) electrons. The lowest BCUT2D eigenvalue weighted by Gasteiger charge is -2.23. The van der Waals surface area contributed by atoms with Crippen molar-refractivity contribution in [3.05, 3.63) is 42.2 Å². The van der Waals surface area contributed by atoms with E-state index >= 15 is 0 Å². The van der Waals surface area contributed by atoms with Crippen LogP contribution in [-0.2, 0) is 9.53 Å². The van der Waals surface area contributed by atoms with E-state index in [-0.39, 0.29) is 6.61 Å². The molecule has 2 N–H and O–H groups in total. The highest BCUT2D eigenvalue weighted by Crippen LogP contribution is 2.37. The third-order valence-electron chi connectivity index (χ3n) is 5.89. The molecule has 0 spiro atoms. The van der Waals surface area contributed by atoms with Crippen LogP contribution in [0.2, 0.25) is 0 Å². The molecular formula is C26H42O4. The minimum absolute atomic E-state index is 0.106. The van der Waals surface area contributed by atoms with Gasteiger partial charge in [0.25, 0.3) is 5.79 Å². The van der Waals surface area contributed by atoms with Gasteiger partial charge in [-0.25, -0.2) is 4.79 Å². The first kappa shape index (κ1) is 26.4. The minimum atomic E-state index is -2.53. The van der Waals surface area contributed by atoms with E-state index in [0.717, 1.165) is 19.3 Å². The first-order valence-electron chi connectivity index (χ1n) is 11.8. The largest absolute Gasteiger partial charge is 0.462 e. The van der Waals surface area contributed by atoms with Gasteiger partial charge in [-0.05, 0) is 62.5 Å². The Hall–Kier alpha value is -1.61. The lowest BCUT2D eigenvalue weighted by atomic mass is 9.82. The van der Waals surface area contributed by atoms with Crippen molar-refractivity contribution in [2.75, 3.05) is 6.61 Å². The fourth-order valence-electron chi connectivity index (χ4n) is 3.92. The number of unbranched alkanes of at least 4 members (excludes halogenated alkanes) is 4. The van der Waals surface area contributed by atoms with E-state index in [1.807, 2.05) is 6.08 Å². The number of hydrogen-bond donors (Lipinski definition) is 2. The van der Waals surface area contributed by atoms with Crippen LogP contribution in [0.3, 0.4) is 0 Å². The molecule has 0 aromatic heterocycles. The van der Waals surface area contributed by atoms with Crippen molar-refractivity contribution in [3.63, 3.8) is 0 Å². The highest BCUT2D eigenvalue weighted by atomic mass is 16.6. The number of allylic oxidation sites excluding steroid dienone is 4. The SMILES string of the molecule is CCCCCCC=C[C@H]1C=C[C@H](CCC)[C@H]1CC=C=CC(C)C(O)(O)C(=O)OCC. The summed E-state index contributed by atoms with van der Waals surface area (Å²) in [6.45, 7) is 7.76. The summed E-state index contributed by atoms with van der Waals surface area (Å²) in [5, 5.41) is 20.0. The maximum absolute atomic E-state index is 11.7. The van der Waals surface area contributed by atoms with Crippen LogP contribution in [0.1, 0.15) is 79.1 Å². The van der Waals surface area contributed by atoms with E-state index in [9.17, 15) is 15.0 Å². The van der Waals surface area contributed by atoms with Crippen molar-refractivity contribution in [2.24, 2.45) is 23.7 Å². The van der Waals surface area contributed by atoms with Crippen molar-refractivity contribution < 1.29 is 19.7 Å². The lowest BCUT2D eigenvalue weighted by Crippen LogP contribution is -2.45. The predicted octanol–water partition coefficient (Wildman–Crippen LogP) is 5.71. The molecule has 1 aliphatic rings. The summed E-state index contributed by atoms with van der Waals surface area (Å²) in [6, 6.07) is 0. The molecule has 0 saturated carbocycles. The Bertz CT molecular complexity index is 611. The molecule has 0 aliphatic heterocycles. The zero-order valence-corrected chi connectivity index (χ0v) is 19.3. The molecule has 4 heteroatoms. The molecule has 4 nitrogen and oxygen atoms in total. The fourth-order valence-corrected chi connectivity index (χ4v) is 3.92. The molecule has 0 fully saturated rings. The van der Waals surface area contributed by atoms with Crippen LogP contribution in [0.4, 0.5) is 0 Å². The number of aliphatic hydroxyl groups is 2. The average Bonchev–Trinajstić information content (AvgIpc) is 3.09. The first-order chi connectivity index (χ1) is 14.4. The smallest absolute Gasteiger partial charge is 0.367 e. The molecule has 0 amide bonds. The van der Waals surface area contributed by atoms with E-state index in [1.54, 1.807) is 13.8 Å². The van der Waals surface area contributed by atoms with Crippen LogP contribution in [0.15, 0.2) is 42.2 Å². The molecule has 4 atom stereocenters. The zero-order chi connectivity index (χ0) is 22.4. The summed E-state index contributed by atoms with van der Waals surface area (Å²) in [4.78, 5) is 11.7. The molecule has 1 unspecified atom stereocenters. The van der Waals surface area contributed by atoms with Gasteiger partial charge in [0.2, 0.25) is 0 Å². The van der Waals surface area contributed by atoms with Crippen molar-refractivity contribution in [1.29, 1.82) is 0 Å². The van der Waals surface area contributed by atoms with E-state index < -0.39 is 17.7 Å². The Morgan fingerprint density at radius 1 is 1.17 bits per heavy atom. The second-order valence-corrected chi connectivity index (χ2v) is 8.36. The summed E-state index contributed by atoms with van der Waals surface area (Å²) in [7, 11) is 0. The van der Waals surface area contributed by atoms with E-state index in [4.69, 9.17) is 4.74 Å². The van der Waals surface area contributed by atoms with Gasteiger partial charge in [0.05, 0.1) is 6.61 Å². The standard InChI is InChI=1S/C26H42O4/c1-5-8-9-10-11-12-17-23-20-19-22(15-6-2)24(23)18-14-13-16-21(4)26(28,29)25(27)30-7-3/h12,14,16-17,19-24,28-29H,5-11,15,18H2,1-4H3/t13?,21?,22-,23-,24+/m0/s1. The van der Waals surface area contributed by atoms with Gasteiger partial charge in [-0.1, -0.05) is 70.8 Å². The van der Waals surface area contributed by atoms with Crippen molar-refractivity contribution >= 4 is 5.97 Å². The van der Waals surface area contributed by atoms with E-state index in [1.165, 1.54) is 38.2 Å². The van der Waals surface area contributed by atoms with Gasteiger partial charge < -0.3 is 14.9 Å². The summed E-state index contributed by atoms with van der Waals surface area (Å²) in [5.74, 6) is -2.85.